The monoisotopic (exact) mass is 569 g/mol. The highest BCUT2D eigenvalue weighted by molar-refractivity contribution is 9.10. The molecular formula is C26H24BrN3O5S. The second kappa shape index (κ2) is 10.2. The van der Waals surface area contributed by atoms with Crippen LogP contribution in [0.25, 0.3) is 0 Å². The Balaban J connectivity index is 1.80. The number of aliphatic imine (C=N–C) groups is 1. The minimum Gasteiger partial charge on any atom is -0.481 e. The van der Waals surface area contributed by atoms with Gasteiger partial charge in [0.15, 0.2) is 0 Å². The predicted molar refractivity (Wildman–Crippen MR) is 144 cm³/mol. The van der Waals surface area contributed by atoms with Crippen LogP contribution in [-0.4, -0.2) is 44.4 Å². The van der Waals surface area contributed by atoms with Gasteiger partial charge in [-0.15, -0.1) is 0 Å². The van der Waals surface area contributed by atoms with Gasteiger partial charge in [-0.25, -0.2) is 8.42 Å². The molecule has 0 saturated heterocycles. The van der Waals surface area contributed by atoms with E-state index in [1.165, 1.54) is 11.4 Å². The lowest BCUT2D eigenvalue weighted by Gasteiger charge is -2.17. The highest BCUT2D eigenvalue weighted by Gasteiger charge is 2.35. The topological polar surface area (TPSA) is 116 Å². The summed E-state index contributed by atoms with van der Waals surface area (Å²) in [4.78, 5) is 29.0. The number of sulfonamides is 1. The van der Waals surface area contributed by atoms with Crippen LogP contribution in [0, 0.1) is 0 Å². The van der Waals surface area contributed by atoms with E-state index in [0.717, 1.165) is 21.9 Å². The molecular weight excluding hydrogens is 546 g/mol. The third-order valence-electron chi connectivity index (χ3n) is 5.93. The summed E-state index contributed by atoms with van der Waals surface area (Å²) in [7, 11) is -1.94. The zero-order valence-electron chi connectivity index (χ0n) is 19.6. The number of anilines is 2. The van der Waals surface area contributed by atoms with Gasteiger partial charge in [-0.1, -0.05) is 40.2 Å². The van der Waals surface area contributed by atoms with E-state index >= 15 is 0 Å². The second-order valence-corrected chi connectivity index (χ2v) is 11.4. The van der Waals surface area contributed by atoms with Crippen molar-refractivity contribution < 1.29 is 23.1 Å². The Kier molecular flexibility index (Phi) is 7.28. The molecule has 0 radical (unpaired) electrons. The van der Waals surface area contributed by atoms with Crippen molar-refractivity contribution in [3.8, 4) is 0 Å². The molecule has 1 unspecified atom stereocenters. The lowest BCUT2D eigenvalue weighted by Crippen LogP contribution is -2.24. The number of hydrogen-bond donors (Lipinski definition) is 2. The highest BCUT2D eigenvalue weighted by Crippen LogP contribution is 2.38. The van der Waals surface area contributed by atoms with Crippen molar-refractivity contribution in [2.75, 3.05) is 22.9 Å². The number of carbonyl (C=O) groups is 2. The van der Waals surface area contributed by atoms with Gasteiger partial charge in [-0.3, -0.25) is 18.9 Å². The lowest BCUT2D eigenvalue weighted by molar-refractivity contribution is -0.137. The number of amides is 1. The molecule has 1 atom stereocenters. The van der Waals surface area contributed by atoms with E-state index in [9.17, 15) is 18.0 Å². The molecule has 0 aromatic heterocycles. The van der Waals surface area contributed by atoms with Crippen molar-refractivity contribution in [3.05, 3.63) is 87.9 Å². The normalized spacial score (nSPS) is 15.4. The molecule has 0 saturated carbocycles. The Labute approximate surface area is 217 Å². The van der Waals surface area contributed by atoms with Gasteiger partial charge >= 0.3 is 5.97 Å². The molecule has 3 aromatic carbocycles. The molecule has 0 bridgehead atoms. The van der Waals surface area contributed by atoms with Crippen LogP contribution in [0.4, 0.5) is 17.1 Å². The molecule has 0 fully saturated rings. The molecule has 0 aliphatic carbocycles. The van der Waals surface area contributed by atoms with Crippen molar-refractivity contribution in [2.45, 2.75) is 18.8 Å². The molecule has 8 nitrogen and oxygen atoms in total. The number of carboxylic acid groups (broad SMARTS) is 1. The largest absolute Gasteiger partial charge is 0.481 e. The molecule has 1 aliphatic rings. The number of aliphatic carboxylic acids is 1. The van der Waals surface area contributed by atoms with Gasteiger partial charge in [0, 0.05) is 23.6 Å². The minimum atomic E-state index is -3.41. The summed E-state index contributed by atoms with van der Waals surface area (Å²) in [5.74, 6) is -1.78. The van der Waals surface area contributed by atoms with Crippen molar-refractivity contribution >= 4 is 60.6 Å². The number of carbonyl (C=O) groups excluding carboxylic acids is 1. The van der Waals surface area contributed by atoms with Gasteiger partial charge in [0.05, 0.1) is 23.3 Å². The maximum absolute atomic E-state index is 13.1. The Morgan fingerprint density at radius 1 is 1.11 bits per heavy atom. The Morgan fingerprint density at radius 3 is 2.50 bits per heavy atom. The summed E-state index contributed by atoms with van der Waals surface area (Å²) in [6.45, 7) is 0. The molecule has 0 spiro atoms. The fourth-order valence-electron chi connectivity index (χ4n) is 4.01. The Bertz CT molecular complexity index is 1470. The highest BCUT2D eigenvalue weighted by atomic mass is 79.9. The SMILES string of the molecule is CN(c1ccc(N=C(c2cccc(CCC(=O)O)c2)C2C(=O)Nc3cc(Br)ccc32)cc1)S(C)(=O)=O. The average molecular weight is 570 g/mol. The zero-order valence-corrected chi connectivity index (χ0v) is 22.0. The minimum absolute atomic E-state index is 0.00792. The molecule has 10 heteroatoms. The number of benzene rings is 3. The summed E-state index contributed by atoms with van der Waals surface area (Å²) in [6, 6.07) is 19.6. The molecule has 4 rings (SSSR count). The predicted octanol–water partition coefficient (Wildman–Crippen LogP) is 4.72. The number of nitrogens with zero attached hydrogens (tertiary/aromatic N) is 2. The number of nitrogens with one attached hydrogen (secondary N) is 1. The van der Waals surface area contributed by atoms with Crippen LogP contribution in [-0.2, 0) is 26.0 Å². The lowest BCUT2D eigenvalue weighted by atomic mass is 9.89. The average Bonchev–Trinajstić information content (AvgIpc) is 3.15. The van der Waals surface area contributed by atoms with Crippen LogP contribution in [0.15, 0.2) is 76.2 Å². The molecule has 1 aliphatic heterocycles. The molecule has 1 heterocycles. The standard InChI is InChI=1S/C26H24BrN3O5S/c1-30(36(2,34)35)20-10-8-19(9-11-20)28-25(17-5-3-4-16(14-17)6-13-23(31)32)24-21-12-7-18(27)15-22(21)29-26(24)33/h3-5,7-12,14-15,24H,6,13H2,1-2H3,(H,29,33)(H,31,32). The van der Waals surface area contributed by atoms with Crippen molar-refractivity contribution in [1.82, 2.24) is 0 Å². The molecule has 1 amide bonds. The van der Waals surface area contributed by atoms with Crippen LogP contribution in [0.1, 0.15) is 29.0 Å². The summed E-state index contributed by atoms with van der Waals surface area (Å²) in [5.41, 5.74) is 4.54. The first-order chi connectivity index (χ1) is 17.0. The molecule has 186 valence electrons. The van der Waals surface area contributed by atoms with Gasteiger partial charge in [0.1, 0.15) is 5.92 Å². The van der Waals surface area contributed by atoms with Gasteiger partial charge in [-0.05, 0) is 65.6 Å². The van der Waals surface area contributed by atoms with Crippen LogP contribution in [0.2, 0.25) is 0 Å². The van der Waals surface area contributed by atoms with Gasteiger partial charge in [0.2, 0.25) is 15.9 Å². The Morgan fingerprint density at radius 2 is 1.83 bits per heavy atom. The third kappa shape index (κ3) is 5.66. The third-order valence-corrected chi connectivity index (χ3v) is 7.63. The first kappa shape index (κ1) is 25.6. The molecule has 2 N–H and O–H groups in total. The van der Waals surface area contributed by atoms with Crippen LogP contribution in [0.5, 0.6) is 0 Å². The van der Waals surface area contributed by atoms with E-state index in [1.54, 1.807) is 24.3 Å². The maximum Gasteiger partial charge on any atom is 0.303 e. The van der Waals surface area contributed by atoms with E-state index in [1.807, 2.05) is 42.5 Å². The summed E-state index contributed by atoms with van der Waals surface area (Å²) < 4.78 is 25.8. The first-order valence-corrected chi connectivity index (χ1v) is 13.7. The van der Waals surface area contributed by atoms with Crippen molar-refractivity contribution in [1.29, 1.82) is 0 Å². The van der Waals surface area contributed by atoms with Crippen LogP contribution >= 0.6 is 15.9 Å². The van der Waals surface area contributed by atoms with Gasteiger partial charge in [-0.2, -0.15) is 0 Å². The maximum atomic E-state index is 13.1. The summed E-state index contributed by atoms with van der Waals surface area (Å²) in [5, 5.41) is 12.0. The van der Waals surface area contributed by atoms with E-state index in [-0.39, 0.29) is 12.3 Å². The zero-order chi connectivity index (χ0) is 26.0. The Hall–Kier alpha value is -3.50. The fraction of sp³-hybridized carbons (Fsp3) is 0.192. The summed E-state index contributed by atoms with van der Waals surface area (Å²) >= 11 is 3.43. The number of carboxylic acids is 1. The van der Waals surface area contributed by atoms with Crippen LogP contribution < -0.4 is 9.62 Å². The second-order valence-electron chi connectivity index (χ2n) is 8.49. The van der Waals surface area contributed by atoms with E-state index < -0.39 is 21.9 Å². The van der Waals surface area contributed by atoms with Gasteiger partial charge in [0.25, 0.3) is 0 Å². The molecule has 3 aromatic rings. The molecule has 36 heavy (non-hydrogen) atoms. The summed E-state index contributed by atoms with van der Waals surface area (Å²) in [6.07, 6.45) is 1.47. The number of fused-ring (bicyclic) bond motifs is 1. The number of halogens is 1. The van der Waals surface area contributed by atoms with E-state index in [0.29, 0.717) is 34.8 Å². The van der Waals surface area contributed by atoms with Crippen molar-refractivity contribution in [3.63, 3.8) is 0 Å². The van der Waals surface area contributed by atoms with Gasteiger partial charge < -0.3 is 10.4 Å². The van der Waals surface area contributed by atoms with E-state index in [4.69, 9.17) is 10.1 Å². The number of rotatable bonds is 8. The van der Waals surface area contributed by atoms with Crippen molar-refractivity contribution in [2.24, 2.45) is 4.99 Å². The van der Waals surface area contributed by atoms with E-state index in [2.05, 4.69) is 21.2 Å². The number of aryl methyl sites for hydroxylation is 1. The van der Waals surface area contributed by atoms with Crippen LogP contribution in [0.3, 0.4) is 0 Å². The smallest absolute Gasteiger partial charge is 0.303 e. The quantitative estimate of drug-likeness (QED) is 0.381. The first-order valence-electron chi connectivity index (χ1n) is 11.1. The number of hydrogen-bond acceptors (Lipinski definition) is 5. The fourth-order valence-corrected chi connectivity index (χ4v) is 4.87.